The van der Waals surface area contributed by atoms with Crippen molar-refractivity contribution in [2.75, 3.05) is 0 Å². The fourth-order valence-corrected chi connectivity index (χ4v) is 7.12. The minimum absolute atomic E-state index is 0.169. The van der Waals surface area contributed by atoms with Gasteiger partial charge in [-0.1, -0.05) is 29.8 Å². The number of nitrogens with zero attached hydrogens (tertiary/aromatic N) is 4. The molecule has 3 aromatic rings. The second-order valence-corrected chi connectivity index (χ2v) is 10.6. The van der Waals surface area contributed by atoms with Gasteiger partial charge in [0.2, 0.25) is 11.8 Å². The number of fused-ring (bicyclic) bond motifs is 2. The largest absolute Gasteiger partial charge is 0.480 e. The van der Waals surface area contributed by atoms with Crippen molar-refractivity contribution < 1.29 is 24.3 Å². The van der Waals surface area contributed by atoms with Crippen LogP contribution in [0.15, 0.2) is 42.6 Å². The normalized spacial score (nSPS) is 29.7. The number of primary amides is 1. The lowest BCUT2D eigenvalue weighted by Crippen LogP contribution is -2.56. The number of carbonyl (C=O) groups excluding carboxylic acids is 3. The van der Waals surface area contributed by atoms with Crippen LogP contribution in [0.1, 0.15) is 48.2 Å². The maximum atomic E-state index is 13.9. The quantitative estimate of drug-likeness (QED) is 0.453. The van der Waals surface area contributed by atoms with Gasteiger partial charge in [0.05, 0.1) is 16.3 Å². The van der Waals surface area contributed by atoms with Crippen LogP contribution in [0, 0.1) is 11.3 Å². The number of aromatic nitrogens is 3. The van der Waals surface area contributed by atoms with Crippen LogP contribution >= 0.6 is 11.6 Å². The number of amides is 2. The molecule has 11 heteroatoms. The molecular formula is C26H24ClN5O5. The van der Waals surface area contributed by atoms with Crippen LogP contribution in [-0.4, -0.2) is 59.9 Å². The highest BCUT2D eigenvalue weighted by Crippen LogP contribution is 2.79. The third-order valence-corrected chi connectivity index (χ3v) is 8.80. The summed E-state index contributed by atoms with van der Waals surface area (Å²) in [4.78, 5) is 57.1. The summed E-state index contributed by atoms with van der Waals surface area (Å²) < 4.78 is 1.33. The number of Topliss-reactive ketones (excluding diaryl/α,β-unsaturated/α-hetero) is 1. The summed E-state index contributed by atoms with van der Waals surface area (Å²) in [5, 5.41) is 15.4. The highest BCUT2D eigenvalue weighted by molar-refractivity contribution is 6.31. The van der Waals surface area contributed by atoms with Gasteiger partial charge in [0.15, 0.2) is 11.4 Å². The predicted octanol–water partition coefficient (Wildman–Crippen LogP) is 2.39. The number of likely N-dealkylation sites (tertiary alicyclic amines) is 1. The minimum atomic E-state index is -1.14. The van der Waals surface area contributed by atoms with E-state index in [1.54, 1.807) is 24.3 Å². The highest BCUT2D eigenvalue weighted by Gasteiger charge is 2.85. The van der Waals surface area contributed by atoms with Gasteiger partial charge < -0.3 is 15.7 Å². The second-order valence-electron chi connectivity index (χ2n) is 10.2. The molecule has 190 valence electrons. The fourth-order valence-electron chi connectivity index (χ4n) is 6.86. The van der Waals surface area contributed by atoms with Gasteiger partial charge in [0.1, 0.15) is 18.3 Å². The number of pyridine rings is 1. The molecule has 3 aliphatic rings. The SMILES string of the molecule is CC(=O)c1nn(CC(=O)N2[C@H](C(=O)O)C[C@H]3C[C@@]32[C@@]2(C(N)=O)C[C@@H]2c2ccccc2Cl)c2ncccc12. The molecule has 1 aliphatic heterocycles. The summed E-state index contributed by atoms with van der Waals surface area (Å²) in [6, 6.07) is 9.47. The zero-order valence-electron chi connectivity index (χ0n) is 19.9. The van der Waals surface area contributed by atoms with E-state index in [0.717, 1.165) is 5.56 Å². The van der Waals surface area contributed by atoms with E-state index in [9.17, 15) is 24.3 Å². The molecule has 2 aromatic heterocycles. The molecule has 2 amide bonds. The second kappa shape index (κ2) is 7.85. The summed E-state index contributed by atoms with van der Waals surface area (Å²) >= 11 is 6.45. The summed E-state index contributed by atoms with van der Waals surface area (Å²) in [6.07, 6.45) is 2.65. The Morgan fingerprint density at radius 3 is 2.59 bits per heavy atom. The number of hydrogen-bond donors (Lipinski definition) is 2. The Morgan fingerprint density at radius 2 is 1.92 bits per heavy atom. The lowest BCUT2D eigenvalue weighted by Gasteiger charge is -2.37. The lowest BCUT2D eigenvalue weighted by molar-refractivity contribution is -0.154. The maximum Gasteiger partial charge on any atom is 0.326 e. The van der Waals surface area contributed by atoms with Gasteiger partial charge in [0, 0.05) is 24.1 Å². The Labute approximate surface area is 216 Å². The molecule has 10 nitrogen and oxygen atoms in total. The molecular weight excluding hydrogens is 498 g/mol. The van der Waals surface area contributed by atoms with Crippen LogP contribution in [0.4, 0.5) is 0 Å². The third kappa shape index (κ3) is 3.11. The molecule has 5 atom stereocenters. The number of rotatable bonds is 7. The number of halogens is 1. The number of nitrogens with two attached hydrogens (primary N) is 1. The van der Waals surface area contributed by atoms with Crippen molar-refractivity contribution in [2.24, 2.45) is 17.1 Å². The van der Waals surface area contributed by atoms with E-state index < -0.39 is 34.8 Å². The molecule has 2 saturated carbocycles. The zero-order valence-corrected chi connectivity index (χ0v) is 20.7. The Kier molecular flexibility index (Phi) is 5.01. The first-order chi connectivity index (χ1) is 17.6. The van der Waals surface area contributed by atoms with Crippen LogP contribution < -0.4 is 5.73 Å². The van der Waals surface area contributed by atoms with E-state index in [4.69, 9.17) is 17.3 Å². The van der Waals surface area contributed by atoms with Crippen molar-refractivity contribution in [3.8, 4) is 0 Å². The van der Waals surface area contributed by atoms with E-state index in [0.29, 0.717) is 28.9 Å². The molecule has 6 rings (SSSR count). The molecule has 1 aromatic carbocycles. The first-order valence-corrected chi connectivity index (χ1v) is 12.4. The molecule has 2 aliphatic carbocycles. The number of carboxylic acid groups (broad SMARTS) is 1. The van der Waals surface area contributed by atoms with E-state index in [-0.39, 0.29) is 36.3 Å². The van der Waals surface area contributed by atoms with E-state index in [2.05, 4.69) is 10.1 Å². The van der Waals surface area contributed by atoms with Gasteiger partial charge in [0.25, 0.3) is 0 Å². The van der Waals surface area contributed by atoms with Crippen LogP contribution in [0.3, 0.4) is 0 Å². The Balaban J connectivity index is 1.41. The molecule has 0 bridgehead atoms. The number of aliphatic carboxylic acids is 1. The van der Waals surface area contributed by atoms with Crippen LogP contribution in [-0.2, 0) is 20.9 Å². The standard InChI is InChI=1S/C26H24ClN5O5/c1-13(33)21-16-6-4-8-29-22(16)31(30-21)12-20(34)32-19(23(35)36)9-14-10-26(14,32)25(24(28)37)11-17(25)15-5-2-3-7-18(15)27/h2-8,14,17,19H,9-12H2,1H3,(H2,28,37)(H,35,36)/t14-,17+,19-,25-,26-/m0/s1. The van der Waals surface area contributed by atoms with Gasteiger partial charge in [-0.05, 0) is 48.9 Å². The van der Waals surface area contributed by atoms with Gasteiger partial charge in [-0.2, -0.15) is 5.10 Å². The molecule has 0 spiro atoms. The van der Waals surface area contributed by atoms with Crippen molar-refractivity contribution in [3.63, 3.8) is 0 Å². The van der Waals surface area contributed by atoms with E-state index >= 15 is 0 Å². The minimum Gasteiger partial charge on any atom is -0.480 e. The van der Waals surface area contributed by atoms with Crippen molar-refractivity contribution >= 4 is 46.2 Å². The van der Waals surface area contributed by atoms with Gasteiger partial charge in [-0.25, -0.2) is 14.5 Å². The van der Waals surface area contributed by atoms with Crippen molar-refractivity contribution in [3.05, 3.63) is 58.9 Å². The van der Waals surface area contributed by atoms with Crippen LogP contribution in [0.25, 0.3) is 11.0 Å². The number of ketones is 1. The number of piperidine rings is 1. The van der Waals surface area contributed by atoms with Crippen molar-refractivity contribution in [1.29, 1.82) is 0 Å². The van der Waals surface area contributed by atoms with Gasteiger partial charge in [-0.3, -0.25) is 14.4 Å². The monoisotopic (exact) mass is 521 g/mol. The molecule has 0 radical (unpaired) electrons. The molecule has 1 saturated heterocycles. The van der Waals surface area contributed by atoms with Crippen molar-refractivity contribution in [2.45, 2.75) is 50.2 Å². The smallest absolute Gasteiger partial charge is 0.326 e. The van der Waals surface area contributed by atoms with E-state index in [1.165, 1.54) is 22.7 Å². The zero-order chi connectivity index (χ0) is 26.3. The molecule has 3 heterocycles. The first kappa shape index (κ1) is 23.6. The number of benzene rings is 1. The average Bonchev–Trinajstić information content (AvgIpc) is 3.71. The molecule has 0 unspecified atom stereocenters. The van der Waals surface area contributed by atoms with E-state index in [1.807, 2.05) is 12.1 Å². The number of carbonyl (C=O) groups is 4. The summed E-state index contributed by atoms with van der Waals surface area (Å²) in [6.45, 7) is 1.05. The lowest BCUT2D eigenvalue weighted by atomic mass is 9.85. The summed E-state index contributed by atoms with van der Waals surface area (Å²) in [5.74, 6) is -2.97. The molecule has 3 N–H and O–H groups in total. The molecule has 37 heavy (non-hydrogen) atoms. The third-order valence-electron chi connectivity index (χ3n) is 8.46. The predicted molar refractivity (Wildman–Crippen MR) is 132 cm³/mol. The van der Waals surface area contributed by atoms with Gasteiger partial charge in [-0.15, -0.1) is 0 Å². The van der Waals surface area contributed by atoms with Crippen LogP contribution in [0.2, 0.25) is 5.02 Å². The maximum absolute atomic E-state index is 13.9. The number of carboxylic acids is 1. The summed E-state index contributed by atoms with van der Waals surface area (Å²) in [5.41, 5.74) is 5.19. The molecule has 3 fully saturated rings. The van der Waals surface area contributed by atoms with Crippen molar-refractivity contribution in [1.82, 2.24) is 19.7 Å². The topological polar surface area (TPSA) is 148 Å². The number of hydrogen-bond acceptors (Lipinski definition) is 6. The highest BCUT2D eigenvalue weighted by atomic mass is 35.5. The summed E-state index contributed by atoms with van der Waals surface area (Å²) in [7, 11) is 0. The Bertz CT molecular complexity index is 1520. The van der Waals surface area contributed by atoms with Crippen LogP contribution in [0.5, 0.6) is 0 Å². The van der Waals surface area contributed by atoms with Gasteiger partial charge >= 0.3 is 5.97 Å². The first-order valence-electron chi connectivity index (χ1n) is 12.0. The Hall–Kier alpha value is -3.79. The Morgan fingerprint density at radius 1 is 1.16 bits per heavy atom. The fraction of sp³-hybridized carbons (Fsp3) is 0.385. The average molecular weight is 522 g/mol.